The molecule has 0 unspecified atom stereocenters. The fourth-order valence-electron chi connectivity index (χ4n) is 2.89. The number of benzene rings is 1. The highest BCUT2D eigenvalue weighted by atomic mass is 16.5. The van der Waals surface area contributed by atoms with Crippen LogP contribution in [0.1, 0.15) is 28.2 Å². The van der Waals surface area contributed by atoms with Crippen LogP contribution in [0.4, 0.5) is 5.95 Å². The number of amides is 1. The predicted molar refractivity (Wildman–Crippen MR) is 89.6 cm³/mol. The summed E-state index contributed by atoms with van der Waals surface area (Å²) in [6.07, 6.45) is 0.356. The number of carboxylic acids is 1. The summed E-state index contributed by atoms with van der Waals surface area (Å²) in [5.74, 6) is 0.128. The van der Waals surface area contributed by atoms with Crippen LogP contribution in [0.25, 0.3) is 0 Å². The summed E-state index contributed by atoms with van der Waals surface area (Å²) in [5, 5.41) is 12.8. The highest BCUT2D eigenvalue weighted by molar-refractivity contribution is 5.96. The van der Waals surface area contributed by atoms with Crippen LogP contribution in [0.3, 0.4) is 0 Å². The smallest absolute Gasteiger partial charge is 0.303 e. The normalized spacial score (nSPS) is 14.6. The van der Waals surface area contributed by atoms with Crippen molar-refractivity contribution in [3.63, 3.8) is 0 Å². The number of aromatic nitrogens is 2. The Morgan fingerprint density at radius 1 is 1.20 bits per heavy atom. The first kappa shape index (κ1) is 16.9. The number of rotatable bonds is 5. The Morgan fingerprint density at radius 2 is 1.92 bits per heavy atom. The zero-order chi connectivity index (χ0) is 17.8. The van der Waals surface area contributed by atoms with Crippen molar-refractivity contribution in [2.75, 3.05) is 31.1 Å². The number of carboxylic acid groups (broad SMARTS) is 1. The van der Waals surface area contributed by atoms with Crippen molar-refractivity contribution in [3.05, 3.63) is 41.3 Å². The summed E-state index contributed by atoms with van der Waals surface area (Å²) in [6, 6.07) is 7.20. The Kier molecular flexibility index (Phi) is 4.97. The van der Waals surface area contributed by atoms with E-state index in [1.807, 2.05) is 17.0 Å². The van der Waals surface area contributed by atoms with E-state index in [2.05, 4.69) is 10.1 Å². The van der Waals surface area contributed by atoms with E-state index in [0.717, 1.165) is 5.56 Å². The fraction of sp³-hybridized carbons (Fsp3) is 0.412. The summed E-state index contributed by atoms with van der Waals surface area (Å²) in [4.78, 5) is 31.6. The van der Waals surface area contributed by atoms with Gasteiger partial charge in [0.15, 0.2) is 0 Å². The number of hydrogen-bond acceptors (Lipinski definition) is 6. The van der Waals surface area contributed by atoms with E-state index in [-0.39, 0.29) is 12.3 Å². The van der Waals surface area contributed by atoms with E-state index in [1.54, 1.807) is 24.0 Å². The van der Waals surface area contributed by atoms with Crippen molar-refractivity contribution in [2.24, 2.45) is 0 Å². The molecule has 25 heavy (non-hydrogen) atoms. The molecule has 0 saturated carbocycles. The van der Waals surface area contributed by atoms with Gasteiger partial charge in [-0.25, -0.2) is 0 Å². The monoisotopic (exact) mass is 344 g/mol. The van der Waals surface area contributed by atoms with E-state index in [4.69, 9.17) is 9.63 Å². The summed E-state index contributed by atoms with van der Waals surface area (Å²) in [6.45, 7) is 4.10. The van der Waals surface area contributed by atoms with Gasteiger partial charge in [-0.3, -0.25) is 9.59 Å². The maximum Gasteiger partial charge on any atom is 0.303 e. The van der Waals surface area contributed by atoms with Gasteiger partial charge in [0.2, 0.25) is 5.89 Å². The lowest BCUT2D eigenvalue weighted by Gasteiger charge is -2.34. The summed E-state index contributed by atoms with van der Waals surface area (Å²) >= 11 is 0. The number of nitrogens with zero attached hydrogens (tertiary/aromatic N) is 4. The highest BCUT2D eigenvalue weighted by Gasteiger charge is 2.25. The zero-order valence-electron chi connectivity index (χ0n) is 14.0. The van der Waals surface area contributed by atoms with Crippen molar-refractivity contribution >= 4 is 17.8 Å². The molecule has 2 heterocycles. The highest BCUT2D eigenvalue weighted by Crippen LogP contribution is 2.17. The molecule has 1 fully saturated rings. The Hall–Kier alpha value is -2.90. The Balaban J connectivity index is 1.65. The van der Waals surface area contributed by atoms with Gasteiger partial charge in [0.05, 0.1) is 0 Å². The van der Waals surface area contributed by atoms with Gasteiger partial charge in [-0.15, -0.1) is 0 Å². The quantitative estimate of drug-likeness (QED) is 0.874. The number of carbonyl (C=O) groups excluding carboxylic acids is 1. The minimum absolute atomic E-state index is 0.00918. The summed E-state index contributed by atoms with van der Waals surface area (Å²) < 4.78 is 4.99. The molecule has 0 aliphatic carbocycles. The van der Waals surface area contributed by atoms with Gasteiger partial charge >= 0.3 is 5.97 Å². The maximum absolute atomic E-state index is 12.8. The third kappa shape index (κ3) is 3.96. The van der Waals surface area contributed by atoms with Crippen LogP contribution in [0.15, 0.2) is 28.8 Å². The number of piperazine rings is 1. The second kappa shape index (κ2) is 7.33. The molecule has 1 aromatic heterocycles. The van der Waals surface area contributed by atoms with Gasteiger partial charge in [-0.05, 0) is 23.2 Å². The fourth-order valence-corrected chi connectivity index (χ4v) is 2.89. The lowest BCUT2D eigenvalue weighted by atomic mass is 10.0. The second-order valence-electron chi connectivity index (χ2n) is 5.94. The number of hydrogen-bond donors (Lipinski definition) is 1. The molecule has 3 rings (SSSR count). The van der Waals surface area contributed by atoms with Crippen molar-refractivity contribution < 1.29 is 19.2 Å². The van der Waals surface area contributed by atoms with Gasteiger partial charge in [0.25, 0.3) is 11.9 Å². The average Bonchev–Trinajstić information content (AvgIpc) is 3.06. The van der Waals surface area contributed by atoms with Crippen molar-refractivity contribution in [2.45, 2.75) is 19.8 Å². The Morgan fingerprint density at radius 3 is 2.56 bits per heavy atom. The van der Waals surface area contributed by atoms with Gasteiger partial charge < -0.3 is 19.4 Å². The molecule has 1 saturated heterocycles. The van der Waals surface area contributed by atoms with Crippen LogP contribution < -0.4 is 4.90 Å². The van der Waals surface area contributed by atoms with Crippen molar-refractivity contribution in [1.82, 2.24) is 15.0 Å². The molecule has 1 aliphatic heterocycles. The summed E-state index contributed by atoms with van der Waals surface area (Å²) in [5.41, 5.74) is 1.35. The molecule has 8 nitrogen and oxygen atoms in total. The van der Waals surface area contributed by atoms with Crippen LogP contribution >= 0.6 is 0 Å². The first-order valence-corrected chi connectivity index (χ1v) is 8.19. The van der Waals surface area contributed by atoms with Gasteiger partial charge in [0, 0.05) is 45.1 Å². The lowest BCUT2D eigenvalue weighted by molar-refractivity contribution is -0.136. The van der Waals surface area contributed by atoms with E-state index in [1.165, 1.54) is 0 Å². The maximum atomic E-state index is 12.8. The van der Waals surface area contributed by atoms with Crippen molar-refractivity contribution in [1.29, 1.82) is 0 Å². The standard InChI is InChI=1S/C17H20N4O4/c1-12-18-17(19-25-12)21-10-8-20(9-11-21)16(24)14-5-3-2-4-13(14)6-7-15(22)23/h2-5H,6-11H2,1H3,(H,22,23). The first-order chi connectivity index (χ1) is 12.0. The molecule has 0 atom stereocenters. The van der Waals surface area contributed by atoms with Gasteiger partial charge in [0.1, 0.15) is 0 Å². The van der Waals surface area contributed by atoms with Gasteiger partial charge in [-0.1, -0.05) is 18.2 Å². The van der Waals surface area contributed by atoms with Crippen LogP contribution in [0.5, 0.6) is 0 Å². The van der Waals surface area contributed by atoms with Crippen LogP contribution in [-0.2, 0) is 11.2 Å². The van der Waals surface area contributed by atoms with E-state index in [0.29, 0.717) is 50.0 Å². The average molecular weight is 344 g/mol. The number of anilines is 1. The third-order valence-corrected chi connectivity index (χ3v) is 4.22. The van der Waals surface area contributed by atoms with E-state index in [9.17, 15) is 9.59 Å². The topological polar surface area (TPSA) is 99.8 Å². The first-order valence-electron chi connectivity index (χ1n) is 8.19. The molecule has 132 valence electrons. The number of carbonyl (C=O) groups is 2. The molecule has 1 aliphatic rings. The molecule has 1 aromatic carbocycles. The van der Waals surface area contributed by atoms with E-state index < -0.39 is 5.97 Å². The molecule has 0 spiro atoms. The molecule has 1 N–H and O–H groups in total. The minimum atomic E-state index is -0.869. The SMILES string of the molecule is Cc1nc(N2CCN(C(=O)c3ccccc3CCC(=O)O)CC2)no1. The van der Waals surface area contributed by atoms with Crippen molar-refractivity contribution in [3.8, 4) is 0 Å². The largest absolute Gasteiger partial charge is 0.481 e. The molecule has 0 bridgehead atoms. The minimum Gasteiger partial charge on any atom is -0.481 e. The molecule has 0 radical (unpaired) electrons. The Labute approximate surface area is 145 Å². The molecular weight excluding hydrogens is 324 g/mol. The van der Waals surface area contributed by atoms with Crippen LogP contribution in [0.2, 0.25) is 0 Å². The third-order valence-electron chi connectivity index (χ3n) is 4.22. The van der Waals surface area contributed by atoms with Crippen LogP contribution in [-0.4, -0.2) is 58.2 Å². The number of aryl methyl sites for hydroxylation is 2. The molecule has 8 heteroatoms. The second-order valence-corrected chi connectivity index (χ2v) is 5.94. The predicted octanol–water partition coefficient (Wildman–Crippen LogP) is 1.36. The summed E-state index contributed by atoms with van der Waals surface area (Å²) in [7, 11) is 0. The van der Waals surface area contributed by atoms with Crippen LogP contribution in [0, 0.1) is 6.92 Å². The van der Waals surface area contributed by atoms with E-state index >= 15 is 0 Å². The van der Waals surface area contributed by atoms with Gasteiger partial charge in [-0.2, -0.15) is 4.98 Å². The molecular formula is C17H20N4O4. The molecule has 2 aromatic rings. The number of aliphatic carboxylic acids is 1. The zero-order valence-corrected chi connectivity index (χ0v) is 14.0. The molecule has 1 amide bonds. The Bertz CT molecular complexity index is 766. The lowest BCUT2D eigenvalue weighted by Crippen LogP contribution is -2.49.